The van der Waals surface area contributed by atoms with Gasteiger partial charge in [-0.2, -0.15) is 0 Å². The van der Waals surface area contributed by atoms with Crippen LogP contribution in [0.25, 0.3) is 0 Å². The molecule has 7 atom stereocenters. The van der Waals surface area contributed by atoms with Gasteiger partial charge >= 0.3 is 0 Å². The summed E-state index contributed by atoms with van der Waals surface area (Å²) < 4.78 is 0. The lowest BCUT2D eigenvalue weighted by Gasteiger charge is -2.54. The van der Waals surface area contributed by atoms with Crippen molar-refractivity contribution < 1.29 is 9.59 Å². The molecule has 0 aromatic heterocycles. The van der Waals surface area contributed by atoms with Gasteiger partial charge in [0.25, 0.3) is 0 Å². The van der Waals surface area contributed by atoms with Crippen LogP contribution >= 0.6 is 0 Å². The van der Waals surface area contributed by atoms with Crippen LogP contribution in [-0.2, 0) is 9.59 Å². The summed E-state index contributed by atoms with van der Waals surface area (Å²) in [7, 11) is 0. The van der Waals surface area contributed by atoms with Gasteiger partial charge in [-0.3, -0.25) is 9.59 Å². The Morgan fingerprint density at radius 1 is 1.09 bits per heavy atom. The Balaban J connectivity index is 1.64. The maximum atomic E-state index is 12.7. The molecule has 4 aliphatic carbocycles. The Morgan fingerprint density at radius 2 is 1.87 bits per heavy atom. The fraction of sp³-hybridized carbons (Fsp3) is 0.714. The van der Waals surface area contributed by atoms with Crippen LogP contribution < -0.4 is 0 Å². The summed E-state index contributed by atoms with van der Waals surface area (Å²) in [6, 6.07) is 0. The van der Waals surface area contributed by atoms with Gasteiger partial charge in [-0.25, -0.2) is 0 Å². The van der Waals surface area contributed by atoms with Gasteiger partial charge in [-0.15, -0.1) is 6.58 Å². The molecule has 0 aromatic carbocycles. The van der Waals surface area contributed by atoms with E-state index in [0.29, 0.717) is 35.2 Å². The minimum absolute atomic E-state index is 0.0614. The monoisotopic (exact) mass is 312 g/mol. The van der Waals surface area contributed by atoms with E-state index in [9.17, 15) is 9.59 Å². The van der Waals surface area contributed by atoms with E-state index >= 15 is 0 Å². The Morgan fingerprint density at radius 3 is 2.61 bits per heavy atom. The second kappa shape index (κ2) is 5.16. The van der Waals surface area contributed by atoms with E-state index in [1.54, 1.807) is 0 Å². The third-order valence-corrected chi connectivity index (χ3v) is 7.99. The lowest BCUT2D eigenvalue weighted by atomic mass is 9.49. The van der Waals surface area contributed by atoms with Gasteiger partial charge in [-0.05, 0) is 67.8 Å². The van der Waals surface area contributed by atoms with Gasteiger partial charge < -0.3 is 0 Å². The van der Waals surface area contributed by atoms with Crippen LogP contribution in [0.5, 0.6) is 0 Å². The van der Waals surface area contributed by atoms with Gasteiger partial charge in [0, 0.05) is 23.7 Å². The summed E-state index contributed by atoms with van der Waals surface area (Å²) in [5.41, 5.74) is 0.727. The van der Waals surface area contributed by atoms with Crippen molar-refractivity contribution in [3.05, 3.63) is 24.8 Å². The number of hydrogen-bond acceptors (Lipinski definition) is 2. The third kappa shape index (κ3) is 1.99. The quantitative estimate of drug-likeness (QED) is 0.532. The van der Waals surface area contributed by atoms with Crippen LogP contribution in [0.15, 0.2) is 24.8 Å². The van der Waals surface area contributed by atoms with Crippen molar-refractivity contribution in [2.45, 2.75) is 51.9 Å². The number of ketones is 2. The van der Waals surface area contributed by atoms with E-state index in [4.69, 9.17) is 0 Å². The fourth-order valence-electron chi connectivity index (χ4n) is 6.68. The normalized spacial score (nSPS) is 49.3. The summed E-state index contributed by atoms with van der Waals surface area (Å²) in [6.07, 6.45) is 9.15. The topological polar surface area (TPSA) is 34.1 Å². The van der Waals surface area contributed by atoms with Crippen LogP contribution in [-0.4, -0.2) is 11.6 Å². The zero-order chi connectivity index (χ0) is 16.4. The van der Waals surface area contributed by atoms with E-state index < -0.39 is 0 Å². The molecular weight excluding hydrogens is 284 g/mol. The van der Waals surface area contributed by atoms with E-state index in [0.717, 1.165) is 50.5 Å². The number of Topliss-reactive ketones (excluding diaryl/α,β-unsaturated/α-hetero) is 2. The smallest absolute Gasteiger partial charge is 0.162 e. The predicted molar refractivity (Wildman–Crippen MR) is 90.7 cm³/mol. The minimum Gasteiger partial charge on any atom is -0.299 e. The number of fused-ring (bicyclic) bond motifs is 5. The van der Waals surface area contributed by atoms with Gasteiger partial charge in [-0.1, -0.05) is 19.6 Å². The first-order chi connectivity index (χ1) is 11.0. The molecule has 0 saturated heterocycles. The SMILES string of the molecule is C=CC1C[C@H]2C(CC[C@@H]3[C@@H]2CC[C@]2(C)C(=O)CC[C@@H]32)C(=O)C1=C. The summed E-state index contributed by atoms with van der Waals surface area (Å²) in [5, 5.41) is 0. The van der Waals surface area contributed by atoms with Gasteiger partial charge in [0.05, 0.1) is 0 Å². The molecule has 0 N–H and O–H groups in total. The second-order valence-corrected chi connectivity index (χ2v) is 8.67. The number of allylic oxidation sites excluding steroid dienone is 2. The first-order valence-corrected chi connectivity index (χ1v) is 9.36. The molecule has 4 saturated carbocycles. The first kappa shape index (κ1) is 15.4. The van der Waals surface area contributed by atoms with Gasteiger partial charge in [0.15, 0.2) is 5.78 Å². The molecule has 2 unspecified atom stereocenters. The van der Waals surface area contributed by atoms with Crippen molar-refractivity contribution >= 4 is 11.6 Å². The van der Waals surface area contributed by atoms with E-state index in [-0.39, 0.29) is 17.3 Å². The van der Waals surface area contributed by atoms with Crippen LogP contribution in [0.3, 0.4) is 0 Å². The van der Waals surface area contributed by atoms with Crippen LogP contribution in [0.4, 0.5) is 0 Å². The highest BCUT2D eigenvalue weighted by atomic mass is 16.1. The van der Waals surface area contributed by atoms with Crippen LogP contribution in [0.1, 0.15) is 51.9 Å². The highest BCUT2D eigenvalue weighted by molar-refractivity contribution is 5.98. The number of rotatable bonds is 1. The van der Waals surface area contributed by atoms with Crippen molar-refractivity contribution in [1.82, 2.24) is 0 Å². The maximum Gasteiger partial charge on any atom is 0.162 e. The highest BCUT2D eigenvalue weighted by Crippen LogP contribution is 2.61. The maximum absolute atomic E-state index is 12.7. The van der Waals surface area contributed by atoms with E-state index in [1.807, 2.05) is 6.08 Å². The van der Waals surface area contributed by atoms with Crippen molar-refractivity contribution in [2.24, 2.45) is 40.9 Å². The van der Waals surface area contributed by atoms with Gasteiger partial charge in [0.2, 0.25) is 0 Å². The lowest BCUT2D eigenvalue weighted by Crippen LogP contribution is -2.51. The molecule has 0 radical (unpaired) electrons. The molecule has 0 amide bonds. The van der Waals surface area contributed by atoms with Gasteiger partial charge in [0.1, 0.15) is 5.78 Å². The predicted octanol–water partition coefficient (Wildman–Crippen LogP) is 4.36. The highest BCUT2D eigenvalue weighted by Gasteiger charge is 2.58. The van der Waals surface area contributed by atoms with E-state index in [2.05, 4.69) is 20.1 Å². The molecule has 23 heavy (non-hydrogen) atoms. The summed E-state index contributed by atoms with van der Waals surface area (Å²) >= 11 is 0. The van der Waals surface area contributed by atoms with Crippen LogP contribution in [0.2, 0.25) is 0 Å². The summed E-state index contributed by atoms with van der Waals surface area (Å²) in [4.78, 5) is 25.1. The standard InChI is InChI=1S/C21H28O2/c1-4-13-11-17-14-9-10-21(3)18(7-8-19(21)22)15(14)5-6-16(17)20(23)12(13)2/h4,13-18H,1-2,5-11H2,3H3/t13?,14-,15+,16?,17+,18-,21-/m0/s1. The Bertz CT molecular complexity index is 589. The van der Waals surface area contributed by atoms with Crippen LogP contribution in [0, 0.1) is 40.9 Å². The molecule has 2 heteroatoms. The van der Waals surface area contributed by atoms with Crippen molar-refractivity contribution in [1.29, 1.82) is 0 Å². The second-order valence-electron chi connectivity index (χ2n) is 8.67. The Hall–Kier alpha value is -1.18. The summed E-state index contributed by atoms with van der Waals surface area (Å²) in [5.74, 6) is 3.53. The first-order valence-electron chi connectivity index (χ1n) is 9.36. The molecule has 2 nitrogen and oxygen atoms in total. The third-order valence-electron chi connectivity index (χ3n) is 7.99. The number of carbonyl (C=O) groups excluding carboxylic acids is 2. The van der Waals surface area contributed by atoms with Crippen molar-refractivity contribution in [2.75, 3.05) is 0 Å². The molecule has 0 spiro atoms. The minimum atomic E-state index is -0.0614. The molecule has 0 bridgehead atoms. The molecular formula is C21H28O2. The number of carbonyl (C=O) groups is 2. The van der Waals surface area contributed by atoms with Crippen molar-refractivity contribution in [3.8, 4) is 0 Å². The zero-order valence-electron chi connectivity index (χ0n) is 14.2. The Labute approximate surface area is 139 Å². The van der Waals surface area contributed by atoms with Crippen molar-refractivity contribution in [3.63, 3.8) is 0 Å². The largest absolute Gasteiger partial charge is 0.299 e. The molecule has 4 aliphatic rings. The molecule has 4 fully saturated rings. The molecule has 0 aromatic rings. The average molecular weight is 312 g/mol. The molecule has 0 heterocycles. The fourth-order valence-corrected chi connectivity index (χ4v) is 6.68. The lowest BCUT2D eigenvalue weighted by molar-refractivity contribution is -0.137. The molecule has 124 valence electrons. The molecule has 4 rings (SSSR count). The summed E-state index contributed by atoms with van der Waals surface area (Å²) in [6.45, 7) is 10.2. The zero-order valence-corrected chi connectivity index (χ0v) is 14.2. The Kier molecular flexibility index (Phi) is 3.44. The number of hydrogen-bond donors (Lipinski definition) is 0. The average Bonchev–Trinajstić information content (AvgIpc) is 2.86. The van der Waals surface area contributed by atoms with E-state index in [1.165, 1.54) is 0 Å². The molecule has 0 aliphatic heterocycles.